The van der Waals surface area contributed by atoms with Crippen molar-refractivity contribution in [3.63, 3.8) is 0 Å². The highest BCUT2D eigenvalue weighted by Gasteiger charge is 2.24. The Hall–Kier alpha value is -1.95. The summed E-state index contributed by atoms with van der Waals surface area (Å²) in [5, 5.41) is 6.13. The van der Waals surface area contributed by atoms with E-state index < -0.39 is 0 Å². The van der Waals surface area contributed by atoms with Crippen LogP contribution < -0.4 is 10.6 Å². The number of rotatable bonds is 4. The van der Waals surface area contributed by atoms with Crippen LogP contribution in [0.5, 0.6) is 0 Å². The summed E-state index contributed by atoms with van der Waals surface area (Å²) in [5.74, 6) is -0.0454. The Morgan fingerprint density at radius 1 is 1.38 bits per heavy atom. The van der Waals surface area contributed by atoms with Gasteiger partial charge in [0.1, 0.15) is 0 Å². The molecule has 2 N–H and O–H groups in total. The van der Waals surface area contributed by atoms with Crippen molar-refractivity contribution in [3.8, 4) is 0 Å². The topological polar surface area (TPSA) is 57.3 Å². The van der Waals surface area contributed by atoms with Crippen molar-refractivity contribution in [2.45, 2.75) is 12.6 Å². The molecule has 0 saturated carbocycles. The maximum atomic E-state index is 11.8. The Morgan fingerprint density at radius 2 is 2.25 bits per heavy atom. The number of nitrogens with one attached hydrogen (secondary N) is 2. The van der Waals surface area contributed by atoms with E-state index in [1.165, 1.54) is 5.56 Å². The van der Waals surface area contributed by atoms with Crippen molar-refractivity contribution in [1.82, 2.24) is 20.5 Å². The van der Waals surface area contributed by atoms with Gasteiger partial charge in [0.25, 0.3) is 5.91 Å². The molecule has 1 aromatic heterocycles. The predicted octanol–water partition coefficient (Wildman–Crippen LogP) is 2.01. The number of piperazine rings is 1. The minimum atomic E-state index is -0.0454. The molecule has 0 bridgehead atoms. The molecule has 0 aliphatic carbocycles. The molecule has 6 heteroatoms. The number of halogens is 1. The van der Waals surface area contributed by atoms with Crippen LogP contribution in [0.2, 0.25) is 0 Å². The van der Waals surface area contributed by atoms with Crippen LogP contribution in [0.3, 0.4) is 0 Å². The van der Waals surface area contributed by atoms with Gasteiger partial charge in [-0.1, -0.05) is 18.2 Å². The van der Waals surface area contributed by atoms with E-state index >= 15 is 0 Å². The summed E-state index contributed by atoms with van der Waals surface area (Å²) >= 11 is 0. The number of pyridine rings is 1. The zero-order valence-corrected chi connectivity index (χ0v) is 14.6. The quantitative estimate of drug-likeness (QED) is 0.889. The van der Waals surface area contributed by atoms with Gasteiger partial charge in [0.15, 0.2) is 0 Å². The van der Waals surface area contributed by atoms with E-state index in [0.717, 1.165) is 31.7 Å². The Morgan fingerprint density at radius 3 is 3.00 bits per heavy atom. The second-order valence-electron chi connectivity index (χ2n) is 5.76. The van der Waals surface area contributed by atoms with Gasteiger partial charge < -0.3 is 10.6 Å². The van der Waals surface area contributed by atoms with Crippen molar-refractivity contribution >= 4 is 18.3 Å². The first-order chi connectivity index (χ1) is 11.3. The van der Waals surface area contributed by atoms with Crippen LogP contribution >= 0.6 is 12.4 Å². The average molecular weight is 347 g/mol. The summed E-state index contributed by atoms with van der Waals surface area (Å²) in [4.78, 5) is 18.5. The molecule has 1 amide bonds. The molecule has 0 radical (unpaired) electrons. The van der Waals surface area contributed by atoms with Crippen LogP contribution in [-0.4, -0.2) is 42.5 Å². The molecule has 1 aliphatic heterocycles. The first-order valence-corrected chi connectivity index (χ1v) is 7.93. The molecule has 24 heavy (non-hydrogen) atoms. The second-order valence-corrected chi connectivity index (χ2v) is 5.76. The van der Waals surface area contributed by atoms with E-state index in [1.54, 1.807) is 13.2 Å². The van der Waals surface area contributed by atoms with E-state index in [1.807, 2.05) is 30.5 Å². The highest BCUT2D eigenvalue weighted by molar-refractivity contribution is 5.94. The van der Waals surface area contributed by atoms with Crippen molar-refractivity contribution in [2.24, 2.45) is 0 Å². The van der Waals surface area contributed by atoms with E-state index in [-0.39, 0.29) is 18.3 Å². The molecule has 1 atom stereocenters. The average Bonchev–Trinajstić information content (AvgIpc) is 2.62. The van der Waals surface area contributed by atoms with E-state index in [4.69, 9.17) is 0 Å². The van der Waals surface area contributed by atoms with Crippen LogP contribution in [0, 0.1) is 0 Å². The van der Waals surface area contributed by atoms with Crippen molar-refractivity contribution in [3.05, 3.63) is 65.5 Å². The lowest BCUT2D eigenvalue weighted by Crippen LogP contribution is -2.45. The maximum absolute atomic E-state index is 11.8. The first kappa shape index (κ1) is 18.4. The van der Waals surface area contributed by atoms with Crippen LogP contribution in [0.4, 0.5) is 0 Å². The van der Waals surface area contributed by atoms with Crippen molar-refractivity contribution < 1.29 is 4.79 Å². The number of carbonyl (C=O) groups excluding carboxylic acids is 1. The molecule has 1 unspecified atom stereocenters. The van der Waals surface area contributed by atoms with Gasteiger partial charge in [0.2, 0.25) is 0 Å². The van der Waals surface area contributed by atoms with Gasteiger partial charge in [-0.3, -0.25) is 14.7 Å². The fourth-order valence-corrected chi connectivity index (χ4v) is 3.03. The van der Waals surface area contributed by atoms with Crippen molar-refractivity contribution in [2.75, 3.05) is 26.7 Å². The Labute approximate surface area is 148 Å². The third-order valence-electron chi connectivity index (χ3n) is 4.23. The molecule has 2 heterocycles. The smallest absolute Gasteiger partial charge is 0.251 e. The molecular weight excluding hydrogens is 324 g/mol. The lowest BCUT2D eigenvalue weighted by molar-refractivity contribution is 0.0962. The standard InChI is InChI=1S/C18H22N4O.ClH/c1-19-18(23)15-5-2-4-14(10-15)13-22-9-8-21-12-17(22)16-6-3-7-20-11-16;/h2-7,10-11,17,21H,8-9,12-13H2,1H3,(H,19,23);1H. The number of carbonyl (C=O) groups is 1. The second kappa shape index (κ2) is 8.78. The summed E-state index contributed by atoms with van der Waals surface area (Å²) in [6.07, 6.45) is 3.74. The van der Waals surface area contributed by atoms with Crippen LogP contribution in [0.15, 0.2) is 48.8 Å². The maximum Gasteiger partial charge on any atom is 0.251 e. The molecule has 5 nitrogen and oxygen atoms in total. The van der Waals surface area contributed by atoms with Gasteiger partial charge in [0, 0.05) is 57.2 Å². The van der Waals surface area contributed by atoms with E-state index in [0.29, 0.717) is 11.6 Å². The monoisotopic (exact) mass is 346 g/mol. The summed E-state index contributed by atoms with van der Waals surface area (Å²) in [5.41, 5.74) is 3.09. The molecule has 2 aromatic rings. The Balaban J connectivity index is 0.00000208. The summed E-state index contributed by atoms with van der Waals surface area (Å²) < 4.78 is 0. The number of nitrogens with zero attached hydrogens (tertiary/aromatic N) is 2. The molecule has 1 aromatic carbocycles. The van der Waals surface area contributed by atoms with Crippen LogP contribution in [-0.2, 0) is 6.54 Å². The van der Waals surface area contributed by atoms with Gasteiger partial charge in [-0.25, -0.2) is 0 Å². The first-order valence-electron chi connectivity index (χ1n) is 7.93. The van der Waals surface area contributed by atoms with E-state index in [9.17, 15) is 4.79 Å². The minimum Gasteiger partial charge on any atom is -0.355 e. The van der Waals surface area contributed by atoms with Gasteiger partial charge in [0.05, 0.1) is 0 Å². The molecule has 0 spiro atoms. The Kier molecular flexibility index (Phi) is 6.73. The molecule has 1 aliphatic rings. The molecule has 1 fully saturated rings. The highest BCUT2D eigenvalue weighted by atomic mass is 35.5. The SMILES string of the molecule is CNC(=O)c1cccc(CN2CCNCC2c2cccnc2)c1.Cl. The van der Waals surface area contributed by atoms with E-state index in [2.05, 4.69) is 32.7 Å². The molecule has 1 saturated heterocycles. The predicted molar refractivity (Wildman–Crippen MR) is 97.3 cm³/mol. The fourth-order valence-electron chi connectivity index (χ4n) is 3.03. The Bertz CT molecular complexity index is 665. The molecule has 3 rings (SSSR count). The van der Waals surface area contributed by atoms with Gasteiger partial charge in [-0.15, -0.1) is 12.4 Å². The van der Waals surface area contributed by atoms with Crippen LogP contribution in [0.25, 0.3) is 0 Å². The normalized spacial score (nSPS) is 17.8. The van der Waals surface area contributed by atoms with Crippen LogP contribution in [0.1, 0.15) is 27.5 Å². The highest BCUT2D eigenvalue weighted by Crippen LogP contribution is 2.23. The van der Waals surface area contributed by atoms with Gasteiger partial charge in [-0.05, 0) is 29.3 Å². The zero-order valence-electron chi connectivity index (χ0n) is 13.7. The van der Waals surface area contributed by atoms with Gasteiger partial charge in [-0.2, -0.15) is 0 Å². The number of amides is 1. The third kappa shape index (κ3) is 4.32. The zero-order chi connectivity index (χ0) is 16.1. The lowest BCUT2D eigenvalue weighted by atomic mass is 10.0. The number of hydrogen-bond acceptors (Lipinski definition) is 4. The summed E-state index contributed by atoms with van der Waals surface area (Å²) in [6.45, 7) is 3.70. The molecule has 128 valence electrons. The summed E-state index contributed by atoms with van der Waals surface area (Å²) in [7, 11) is 1.66. The van der Waals surface area contributed by atoms with Crippen molar-refractivity contribution in [1.29, 1.82) is 0 Å². The third-order valence-corrected chi connectivity index (χ3v) is 4.23. The summed E-state index contributed by atoms with van der Waals surface area (Å²) in [6, 6.07) is 12.3. The number of hydrogen-bond donors (Lipinski definition) is 2. The van der Waals surface area contributed by atoms with Gasteiger partial charge >= 0.3 is 0 Å². The number of benzene rings is 1. The minimum absolute atomic E-state index is 0. The fraction of sp³-hybridized carbons (Fsp3) is 0.333. The lowest BCUT2D eigenvalue weighted by Gasteiger charge is -2.36. The number of aromatic nitrogens is 1. The molecular formula is C18H23ClN4O. The largest absolute Gasteiger partial charge is 0.355 e.